The molecular formula is C8H14Br2O2. The molecule has 12 heavy (non-hydrogen) atoms. The topological polar surface area (TPSA) is 26.3 Å². The van der Waals surface area contributed by atoms with Gasteiger partial charge >= 0.3 is 5.97 Å². The molecule has 0 aliphatic carbocycles. The van der Waals surface area contributed by atoms with Crippen LogP contribution in [0.5, 0.6) is 0 Å². The van der Waals surface area contributed by atoms with Gasteiger partial charge in [0.2, 0.25) is 0 Å². The highest BCUT2D eigenvalue weighted by Crippen LogP contribution is 2.10. The van der Waals surface area contributed by atoms with Crippen molar-refractivity contribution in [1.29, 1.82) is 0 Å². The zero-order valence-corrected chi connectivity index (χ0v) is 10.4. The van der Waals surface area contributed by atoms with Gasteiger partial charge in [-0.05, 0) is 6.42 Å². The third kappa shape index (κ3) is 7.10. The van der Waals surface area contributed by atoms with Gasteiger partial charge in [-0.3, -0.25) is 0 Å². The number of unbranched alkanes of at least 4 members (excludes halogenated alkanes) is 3. The molecule has 0 amide bonds. The number of esters is 1. The number of carbonyl (C=O) groups is 1. The largest absolute Gasteiger partial charge is 0.464 e. The van der Waals surface area contributed by atoms with E-state index < -0.39 is 0 Å². The average molecular weight is 302 g/mol. The zero-order chi connectivity index (χ0) is 9.40. The van der Waals surface area contributed by atoms with E-state index in [9.17, 15) is 4.79 Å². The van der Waals surface area contributed by atoms with E-state index in [0.29, 0.717) is 6.61 Å². The number of ether oxygens (including phenoxy) is 1. The second kappa shape index (κ2) is 8.05. The summed E-state index contributed by atoms with van der Waals surface area (Å²) in [7, 11) is 0. The molecule has 0 unspecified atom stereocenters. The molecule has 0 N–H and O–H groups in total. The zero-order valence-electron chi connectivity index (χ0n) is 7.19. The molecule has 0 bridgehead atoms. The minimum atomic E-state index is -0.365. The van der Waals surface area contributed by atoms with E-state index in [1.807, 2.05) is 0 Å². The molecule has 2 nitrogen and oxygen atoms in total. The Kier molecular flexibility index (Phi) is 8.34. The first kappa shape index (κ1) is 12.4. The molecule has 0 saturated heterocycles. The van der Waals surface area contributed by atoms with Crippen LogP contribution in [0.25, 0.3) is 0 Å². The predicted octanol–water partition coefficient (Wildman–Crippen LogP) is 3.23. The lowest BCUT2D eigenvalue weighted by atomic mass is 10.2. The summed E-state index contributed by atoms with van der Waals surface area (Å²) in [6, 6.07) is 0. The summed E-state index contributed by atoms with van der Waals surface area (Å²) in [5.41, 5.74) is 0. The van der Waals surface area contributed by atoms with Crippen molar-refractivity contribution in [3.8, 4) is 0 Å². The minimum Gasteiger partial charge on any atom is -0.464 e. The number of hydrogen-bond acceptors (Lipinski definition) is 2. The van der Waals surface area contributed by atoms with E-state index in [0.717, 1.165) is 12.8 Å². The van der Waals surface area contributed by atoms with Gasteiger partial charge in [0.1, 0.15) is 0 Å². The van der Waals surface area contributed by atoms with Crippen LogP contribution in [0.2, 0.25) is 0 Å². The van der Waals surface area contributed by atoms with Gasteiger partial charge in [-0.1, -0.05) is 58.0 Å². The van der Waals surface area contributed by atoms with Crippen molar-refractivity contribution in [2.24, 2.45) is 0 Å². The lowest BCUT2D eigenvalue weighted by Crippen LogP contribution is -2.12. The molecule has 0 rings (SSSR count). The Morgan fingerprint density at radius 3 is 2.50 bits per heavy atom. The van der Waals surface area contributed by atoms with E-state index in [1.165, 1.54) is 12.8 Å². The highest BCUT2D eigenvalue weighted by atomic mass is 79.9. The van der Waals surface area contributed by atoms with Crippen LogP contribution in [-0.2, 0) is 9.53 Å². The van der Waals surface area contributed by atoms with Crippen molar-refractivity contribution in [3.05, 3.63) is 0 Å². The molecular weight excluding hydrogens is 288 g/mol. The molecule has 4 heteroatoms. The van der Waals surface area contributed by atoms with Crippen LogP contribution >= 0.6 is 31.9 Å². The molecule has 0 aromatic rings. The summed E-state index contributed by atoms with van der Waals surface area (Å²) in [4.78, 5) is 10.9. The fourth-order valence-electron chi connectivity index (χ4n) is 0.765. The molecule has 72 valence electrons. The van der Waals surface area contributed by atoms with Gasteiger partial charge < -0.3 is 4.74 Å². The molecule has 0 saturated carbocycles. The van der Waals surface area contributed by atoms with E-state index >= 15 is 0 Å². The average Bonchev–Trinajstić information content (AvgIpc) is 2.03. The fraction of sp³-hybridized carbons (Fsp3) is 0.875. The van der Waals surface area contributed by atoms with Gasteiger partial charge in [0.15, 0.2) is 3.74 Å². The predicted molar refractivity (Wildman–Crippen MR) is 56.7 cm³/mol. The molecule has 0 aliphatic heterocycles. The van der Waals surface area contributed by atoms with Gasteiger partial charge in [0, 0.05) is 0 Å². The van der Waals surface area contributed by atoms with Gasteiger partial charge in [-0.25, -0.2) is 4.79 Å². The van der Waals surface area contributed by atoms with Crippen LogP contribution < -0.4 is 0 Å². The lowest BCUT2D eigenvalue weighted by Gasteiger charge is -2.04. The molecule has 0 aromatic carbocycles. The number of halogens is 2. The highest BCUT2D eigenvalue weighted by Gasteiger charge is 2.10. The van der Waals surface area contributed by atoms with Crippen LogP contribution in [0.15, 0.2) is 0 Å². The quantitative estimate of drug-likeness (QED) is 0.428. The highest BCUT2D eigenvalue weighted by molar-refractivity contribution is 9.25. The van der Waals surface area contributed by atoms with Crippen LogP contribution in [0.4, 0.5) is 0 Å². The van der Waals surface area contributed by atoms with Crippen LogP contribution in [-0.4, -0.2) is 16.3 Å². The third-order valence-corrected chi connectivity index (χ3v) is 2.17. The standard InChI is InChI=1S/C8H14Br2O2/c1-2-3-4-5-6-12-8(11)7(9)10/h7H,2-6H2,1H3. The number of carbonyl (C=O) groups excluding carboxylic acids is 1. The summed E-state index contributed by atoms with van der Waals surface area (Å²) >= 11 is 6.13. The Balaban J connectivity index is 3.14. The maximum atomic E-state index is 10.9. The molecule has 0 heterocycles. The smallest absolute Gasteiger partial charge is 0.330 e. The molecule has 0 fully saturated rings. The number of hydrogen-bond donors (Lipinski definition) is 0. The molecule has 0 atom stereocenters. The maximum Gasteiger partial charge on any atom is 0.330 e. The Labute approximate surface area is 90.3 Å². The number of alkyl halides is 2. The van der Waals surface area contributed by atoms with E-state index in [4.69, 9.17) is 4.74 Å². The Bertz CT molecular complexity index is 126. The summed E-state index contributed by atoms with van der Waals surface area (Å²) in [6.07, 6.45) is 4.52. The first-order valence-electron chi connectivity index (χ1n) is 4.13. The molecule has 0 radical (unpaired) electrons. The van der Waals surface area contributed by atoms with E-state index in [1.54, 1.807) is 0 Å². The van der Waals surface area contributed by atoms with Crippen molar-refractivity contribution in [2.45, 2.75) is 36.3 Å². The minimum absolute atomic E-state index is 0.244. The normalized spacial score (nSPS) is 10.3. The fourth-order valence-corrected chi connectivity index (χ4v) is 1.03. The third-order valence-electron chi connectivity index (χ3n) is 1.42. The number of rotatable bonds is 6. The Morgan fingerprint density at radius 2 is 2.00 bits per heavy atom. The van der Waals surface area contributed by atoms with Crippen LogP contribution in [0, 0.1) is 0 Å². The second-order valence-corrected chi connectivity index (χ2v) is 5.59. The SMILES string of the molecule is CCCCCCOC(=O)C(Br)Br. The second-order valence-electron chi connectivity index (χ2n) is 2.53. The van der Waals surface area contributed by atoms with Gasteiger partial charge in [0.25, 0.3) is 0 Å². The monoisotopic (exact) mass is 300 g/mol. The molecule has 0 aliphatic rings. The van der Waals surface area contributed by atoms with Crippen molar-refractivity contribution in [3.63, 3.8) is 0 Å². The Hall–Kier alpha value is 0.430. The van der Waals surface area contributed by atoms with E-state index in [2.05, 4.69) is 38.8 Å². The Morgan fingerprint density at radius 1 is 1.33 bits per heavy atom. The van der Waals surface area contributed by atoms with Gasteiger partial charge in [0.05, 0.1) is 6.61 Å². The van der Waals surface area contributed by atoms with E-state index in [-0.39, 0.29) is 9.71 Å². The summed E-state index contributed by atoms with van der Waals surface area (Å²) in [5, 5.41) is 0. The lowest BCUT2D eigenvalue weighted by molar-refractivity contribution is -0.141. The molecule has 0 aromatic heterocycles. The van der Waals surface area contributed by atoms with Crippen molar-refractivity contribution < 1.29 is 9.53 Å². The van der Waals surface area contributed by atoms with Crippen molar-refractivity contribution >= 4 is 37.8 Å². The van der Waals surface area contributed by atoms with Gasteiger partial charge in [-0.15, -0.1) is 0 Å². The van der Waals surface area contributed by atoms with Crippen LogP contribution in [0.3, 0.4) is 0 Å². The van der Waals surface area contributed by atoms with Crippen molar-refractivity contribution in [1.82, 2.24) is 0 Å². The van der Waals surface area contributed by atoms with Gasteiger partial charge in [-0.2, -0.15) is 0 Å². The summed E-state index contributed by atoms with van der Waals surface area (Å²) in [6.45, 7) is 2.69. The molecule has 0 spiro atoms. The van der Waals surface area contributed by atoms with Crippen molar-refractivity contribution in [2.75, 3.05) is 6.61 Å². The first-order valence-corrected chi connectivity index (χ1v) is 5.96. The van der Waals surface area contributed by atoms with Crippen LogP contribution in [0.1, 0.15) is 32.6 Å². The summed E-state index contributed by atoms with van der Waals surface area (Å²) < 4.78 is 4.55. The summed E-state index contributed by atoms with van der Waals surface area (Å²) in [5.74, 6) is -0.244. The first-order chi connectivity index (χ1) is 5.68. The maximum absolute atomic E-state index is 10.9.